The molecule has 1 aliphatic rings. The van der Waals surface area contributed by atoms with E-state index >= 15 is 0 Å². The zero-order chi connectivity index (χ0) is 10.7. The first-order valence-corrected chi connectivity index (χ1v) is 6.93. The summed E-state index contributed by atoms with van der Waals surface area (Å²) >= 11 is 0. The highest BCUT2D eigenvalue weighted by atomic mass is 32.2. The molecule has 0 saturated carbocycles. The number of nitrogens with one attached hydrogen (secondary N) is 1. The Bertz CT molecular complexity index is 276. The fraction of sp³-hybridized carbons (Fsp3) is 1.00. The van der Waals surface area contributed by atoms with Crippen LogP contribution >= 0.6 is 0 Å². The highest BCUT2D eigenvalue weighted by molar-refractivity contribution is 7.91. The molecule has 0 amide bonds. The highest BCUT2D eigenvalue weighted by Crippen LogP contribution is 2.21. The van der Waals surface area contributed by atoms with E-state index in [1.54, 1.807) is 0 Å². The Labute approximate surface area is 85.6 Å². The third-order valence-corrected chi connectivity index (χ3v) is 4.35. The Kier molecular flexibility index (Phi) is 3.92. The highest BCUT2D eigenvalue weighted by Gasteiger charge is 2.36. The summed E-state index contributed by atoms with van der Waals surface area (Å²) in [5, 5.41) is 13.1. The van der Waals surface area contributed by atoms with Crippen molar-refractivity contribution >= 4 is 9.84 Å². The van der Waals surface area contributed by atoms with Gasteiger partial charge in [-0.1, -0.05) is 6.92 Å². The van der Waals surface area contributed by atoms with Gasteiger partial charge in [0.25, 0.3) is 0 Å². The van der Waals surface area contributed by atoms with Gasteiger partial charge in [0.05, 0.1) is 17.1 Å². The molecule has 14 heavy (non-hydrogen) atoms. The molecule has 1 heterocycles. The summed E-state index contributed by atoms with van der Waals surface area (Å²) in [6.45, 7) is 3.25. The fourth-order valence-corrected chi connectivity index (χ4v) is 3.61. The predicted molar refractivity (Wildman–Crippen MR) is 56.0 cm³/mol. The number of rotatable bonds is 4. The average Bonchev–Trinajstić information content (AvgIpc) is 2.01. The predicted octanol–water partition coefficient (Wildman–Crippen LogP) is -0.0743. The summed E-state index contributed by atoms with van der Waals surface area (Å²) in [4.78, 5) is 0. The second kappa shape index (κ2) is 4.59. The first-order valence-electron chi connectivity index (χ1n) is 5.11. The summed E-state index contributed by atoms with van der Waals surface area (Å²) < 4.78 is 22.6. The van der Waals surface area contributed by atoms with E-state index in [1.165, 1.54) is 0 Å². The van der Waals surface area contributed by atoms with Gasteiger partial charge in [-0.3, -0.25) is 0 Å². The van der Waals surface area contributed by atoms with Crippen molar-refractivity contribution in [1.29, 1.82) is 0 Å². The maximum absolute atomic E-state index is 11.3. The van der Waals surface area contributed by atoms with E-state index in [0.29, 0.717) is 19.4 Å². The van der Waals surface area contributed by atoms with Gasteiger partial charge in [-0.15, -0.1) is 0 Å². The largest absolute Gasteiger partial charge is 0.388 e. The quantitative estimate of drug-likeness (QED) is 0.652. The van der Waals surface area contributed by atoms with E-state index in [1.807, 2.05) is 6.92 Å². The van der Waals surface area contributed by atoms with Crippen LogP contribution in [-0.4, -0.2) is 43.7 Å². The summed E-state index contributed by atoms with van der Waals surface area (Å²) in [6.07, 6.45) is 2.15. The number of hydrogen-bond donors (Lipinski definition) is 2. The molecule has 1 unspecified atom stereocenters. The smallest absolute Gasteiger partial charge is 0.153 e. The SMILES string of the molecule is CCCNCC1(O)CCCS(=O)(=O)C1. The Morgan fingerprint density at radius 3 is 2.79 bits per heavy atom. The zero-order valence-electron chi connectivity index (χ0n) is 8.62. The fourth-order valence-electron chi connectivity index (χ4n) is 1.81. The molecule has 0 bridgehead atoms. The maximum Gasteiger partial charge on any atom is 0.153 e. The lowest BCUT2D eigenvalue weighted by Gasteiger charge is -2.31. The molecule has 5 heteroatoms. The van der Waals surface area contributed by atoms with Gasteiger partial charge < -0.3 is 10.4 Å². The number of aliphatic hydroxyl groups is 1. The Balaban J connectivity index is 2.47. The number of hydrogen-bond acceptors (Lipinski definition) is 4. The van der Waals surface area contributed by atoms with Crippen LogP contribution in [0.4, 0.5) is 0 Å². The molecular formula is C9H19NO3S. The lowest BCUT2D eigenvalue weighted by molar-refractivity contribution is 0.0500. The average molecular weight is 221 g/mol. The summed E-state index contributed by atoms with van der Waals surface area (Å²) in [5.41, 5.74) is -1.04. The minimum Gasteiger partial charge on any atom is -0.388 e. The van der Waals surface area contributed by atoms with E-state index in [4.69, 9.17) is 0 Å². The molecule has 1 fully saturated rings. The molecule has 1 aliphatic heterocycles. The van der Waals surface area contributed by atoms with E-state index in [9.17, 15) is 13.5 Å². The van der Waals surface area contributed by atoms with Gasteiger partial charge in [0.15, 0.2) is 9.84 Å². The molecule has 0 aromatic rings. The van der Waals surface area contributed by atoms with E-state index in [-0.39, 0.29) is 11.5 Å². The standard InChI is InChI=1S/C9H19NO3S/c1-2-5-10-7-9(11)4-3-6-14(12,13)8-9/h10-11H,2-8H2,1H3. The Morgan fingerprint density at radius 2 is 2.21 bits per heavy atom. The van der Waals surface area contributed by atoms with Crippen LogP contribution in [-0.2, 0) is 9.84 Å². The van der Waals surface area contributed by atoms with E-state index in [0.717, 1.165) is 13.0 Å². The second-order valence-electron chi connectivity index (χ2n) is 4.10. The molecule has 0 aliphatic carbocycles. The summed E-state index contributed by atoms with van der Waals surface area (Å²) in [5.74, 6) is 0.139. The number of sulfone groups is 1. The lowest BCUT2D eigenvalue weighted by atomic mass is 10.00. The van der Waals surface area contributed by atoms with Gasteiger partial charge in [0.2, 0.25) is 0 Å². The molecule has 4 nitrogen and oxygen atoms in total. The van der Waals surface area contributed by atoms with Gasteiger partial charge in [-0.25, -0.2) is 8.42 Å². The molecular weight excluding hydrogens is 202 g/mol. The van der Waals surface area contributed by atoms with Crippen LogP contribution in [0.5, 0.6) is 0 Å². The second-order valence-corrected chi connectivity index (χ2v) is 6.28. The summed E-state index contributed by atoms with van der Waals surface area (Å²) in [7, 11) is -3.02. The Morgan fingerprint density at radius 1 is 1.50 bits per heavy atom. The van der Waals surface area contributed by atoms with Gasteiger partial charge >= 0.3 is 0 Å². The molecule has 0 spiro atoms. The van der Waals surface area contributed by atoms with E-state index < -0.39 is 15.4 Å². The molecule has 0 aromatic carbocycles. The van der Waals surface area contributed by atoms with Crippen LogP contribution in [0.15, 0.2) is 0 Å². The lowest BCUT2D eigenvalue weighted by Crippen LogP contribution is -2.49. The van der Waals surface area contributed by atoms with Crippen LogP contribution in [0.3, 0.4) is 0 Å². The van der Waals surface area contributed by atoms with Crippen molar-refractivity contribution in [1.82, 2.24) is 5.32 Å². The maximum atomic E-state index is 11.3. The topological polar surface area (TPSA) is 66.4 Å². The van der Waals surface area contributed by atoms with Crippen LogP contribution in [0.1, 0.15) is 26.2 Å². The van der Waals surface area contributed by atoms with Crippen molar-refractivity contribution in [2.75, 3.05) is 24.6 Å². The molecule has 1 atom stereocenters. The monoisotopic (exact) mass is 221 g/mol. The molecule has 1 rings (SSSR count). The van der Waals surface area contributed by atoms with Crippen molar-refractivity contribution in [2.24, 2.45) is 0 Å². The summed E-state index contributed by atoms with van der Waals surface area (Å²) in [6, 6.07) is 0. The van der Waals surface area contributed by atoms with Crippen molar-refractivity contribution in [2.45, 2.75) is 31.8 Å². The zero-order valence-corrected chi connectivity index (χ0v) is 9.44. The Hall–Kier alpha value is -0.130. The van der Waals surface area contributed by atoms with Crippen LogP contribution in [0.25, 0.3) is 0 Å². The van der Waals surface area contributed by atoms with Crippen molar-refractivity contribution < 1.29 is 13.5 Å². The minimum atomic E-state index is -3.02. The third kappa shape index (κ3) is 3.55. The van der Waals surface area contributed by atoms with Crippen LogP contribution in [0, 0.1) is 0 Å². The van der Waals surface area contributed by atoms with Crippen LogP contribution in [0.2, 0.25) is 0 Å². The first-order chi connectivity index (χ1) is 6.47. The van der Waals surface area contributed by atoms with Gasteiger partial charge in [0, 0.05) is 6.54 Å². The molecule has 84 valence electrons. The van der Waals surface area contributed by atoms with Crippen molar-refractivity contribution in [3.05, 3.63) is 0 Å². The molecule has 0 radical (unpaired) electrons. The third-order valence-electron chi connectivity index (χ3n) is 2.47. The van der Waals surface area contributed by atoms with Crippen LogP contribution < -0.4 is 5.32 Å². The van der Waals surface area contributed by atoms with Crippen molar-refractivity contribution in [3.63, 3.8) is 0 Å². The van der Waals surface area contributed by atoms with E-state index in [2.05, 4.69) is 5.32 Å². The molecule has 0 aromatic heterocycles. The first kappa shape index (κ1) is 11.9. The van der Waals surface area contributed by atoms with Gasteiger partial charge in [-0.2, -0.15) is 0 Å². The van der Waals surface area contributed by atoms with Crippen molar-refractivity contribution in [3.8, 4) is 0 Å². The van der Waals surface area contributed by atoms with Gasteiger partial charge in [-0.05, 0) is 25.8 Å². The molecule has 2 N–H and O–H groups in total. The normalized spacial score (nSPS) is 31.6. The minimum absolute atomic E-state index is 0.0866. The molecule has 1 saturated heterocycles. The van der Waals surface area contributed by atoms with Gasteiger partial charge in [0.1, 0.15) is 0 Å².